The molecule has 0 aliphatic carbocycles. The molecule has 0 radical (unpaired) electrons. The molecule has 2 aliphatic heterocycles. The van der Waals surface area contributed by atoms with Crippen LogP contribution in [0.3, 0.4) is 0 Å². The van der Waals surface area contributed by atoms with Crippen molar-refractivity contribution in [2.24, 2.45) is 5.92 Å². The number of hydrogen-bond acceptors (Lipinski definition) is 7. The fraction of sp³-hybridized carbons (Fsp3) is 0.600. The molecule has 0 aromatic carbocycles. The van der Waals surface area contributed by atoms with Crippen LogP contribution in [0.1, 0.15) is 50.4 Å². The number of nitrogens with zero attached hydrogens (tertiary/aromatic N) is 5. The predicted molar refractivity (Wildman–Crippen MR) is 111 cm³/mol. The fourth-order valence-corrected chi connectivity index (χ4v) is 3.69. The van der Waals surface area contributed by atoms with Gasteiger partial charge < -0.3 is 10.6 Å². The lowest BCUT2D eigenvalue weighted by Gasteiger charge is -2.32. The number of H-pyrrole nitrogens is 1. The van der Waals surface area contributed by atoms with E-state index < -0.39 is 0 Å². The molecule has 8 heteroatoms. The molecule has 2 aromatic heterocycles. The number of rotatable bonds is 3. The lowest BCUT2D eigenvalue weighted by atomic mass is 9.99. The Balaban J connectivity index is 0.00000109. The Morgan fingerprint density at radius 1 is 1.18 bits per heavy atom. The van der Waals surface area contributed by atoms with Gasteiger partial charge in [0.1, 0.15) is 0 Å². The van der Waals surface area contributed by atoms with Gasteiger partial charge in [0.2, 0.25) is 11.9 Å². The average Bonchev–Trinajstić information content (AvgIpc) is 2.71. The van der Waals surface area contributed by atoms with Crippen LogP contribution < -0.4 is 16.2 Å². The third-order valence-electron chi connectivity index (χ3n) is 5.35. The second kappa shape index (κ2) is 9.14. The van der Waals surface area contributed by atoms with Crippen molar-refractivity contribution < 1.29 is 0 Å². The maximum Gasteiger partial charge on any atom is 0.255 e. The molecule has 4 heterocycles. The number of nitrogens with two attached hydrogens (primary N) is 1. The van der Waals surface area contributed by atoms with Gasteiger partial charge in [-0.05, 0) is 25.2 Å². The van der Waals surface area contributed by atoms with Gasteiger partial charge in [-0.1, -0.05) is 20.8 Å². The van der Waals surface area contributed by atoms with Crippen LogP contribution in [0.25, 0.3) is 0 Å². The van der Waals surface area contributed by atoms with E-state index in [1.165, 1.54) is 0 Å². The first-order chi connectivity index (χ1) is 13.6. The maximum atomic E-state index is 12.5. The Bertz CT molecular complexity index is 825. The molecule has 0 bridgehead atoms. The molecule has 28 heavy (non-hydrogen) atoms. The molecule has 0 spiro atoms. The molecule has 0 atom stereocenters. The van der Waals surface area contributed by atoms with E-state index >= 15 is 0 Å². The molecule has 2 aliphatic rings. The van der Waals surface area contributed by atoms with E-state index in [1.54, 1.807) is 12.4 Å². The number of hydrogen-bond donors (Lipinski definition) is 2. The van der Waals surface area contributed by atoms with Crippen LogP contribution in [0.2, 0.25) is 0 Å². The highest BCUT2D eigenvalue weighted by Gasteiger charge is 2.24. The van der Waals surface area contributed by atoms with E-state index in [1.807, 2.05) is 13.8 Å². The monoisotopic (exact) mass is 385 g/mol. The Kier molecular flexibility index (Phi) is 6.61. The van der Waals surface area contributed by atoms with E-state index in [9.17, 15) is 4.79 Å². The minimum atomic E-state index is 0.0130. The summed E-state index contributed by atoms with van der Waals surface area (Å²) in [6, 6.07) is 0. The summed E-state index contributed by atoms with van der Waals surface area (Å²) < 4.78 is 0. The smallest absolute Gasteiger partial charge is 0.255 e. The summed E-state index contributed by atoms with van der Waals surface area (Å²) in [5.74, 6) is 1.75. The van der Waals surface area contributed by atoms with Gasteiger partial charge in [0, 0.05) is 56.2 Å². The van der Waals surface area contributed by atoms with Gasteiger partial charge in [0.05, 0.1) is 5.69 Å². The number of anilines is 2. The molecule has 1 fully saturated rings. The van der Waals surface area contributed by atoms with Crippen molar-refractivity contribution in [2.45, 2.75) is 53.1 Å². The average molecular weight is 386 g/mol. The van der Waals surface area contributed by atoms with Gasteiger partial charge in [-0.25, -0.2) is 15.0 Å². The van der Waals surface area contributed by atoms with Gasteiger partial charge in [0.15, 0.2) is 0 Å². The van der Waals surface area contributed by atoms with Crippen LogP contribution in [-0.4, -0.2) is 44.5 Å². The molecule has 2 aromatic rings. The minimum absolute atomic E-state index is 0.0130. The molecule has 1 saturated heterocycles. The number of fused-ring (bicyclic) bond motifs is 1. The highest BCUT2D eigenvalue weighted by atomic mass is 16.1. The van der Waals surface area contributed by atoms with E-state index in [0.717, 1.165) is 67.7 Å². The second-order valence-corrected chi connectivity index (χ2v) is 7.39. The summed E-state index contributed by atoms with van der Waals surface area (Å²) in [5.41, 5.74) is 8.29. The quantitative estimate of drug-likeness (QED) is 0.832. The molecule has 0 saturated carbocycles. The Labute approximate surface area is 166 Å². The van der Waals surface area contributed by atoms with E-state index in [2.05, 4.69) is 31.7 Å². The first-order valence-electron chi connectivity index (χ1n) is 10.2. The van der Waals surface area contributed by atoms with Crippen LogP contribution in [-0.2, 0) is 19.5 Å². The van der Waals surface area contributed by atoms with Crippen molar-refractivity contribution in [3.8, 4) is 0 Å². The SMILES string of the molecule is CC.CC1CCN(c2nc3c(c(=O)[nH]2)CCN(Cc2cnc(N)nc2)C3)CC1. The zero-order valence-corrected chi connectivity index (χ0v) is 17.1. The normalized spacial score (nSPS) is 17.6. The van der Waals surface area contributed by atoms with Crippen molar-refractivity contribution in [2.75, 3.05) is 30.3 Å². The lowest BCUT2D eigenvalue weighted by molar-refractivity contribution is 0.240. The zero-order valence-electron chi connectivity index (χ0n) is 17.1. The summed E-state index contributed by atoms with van der Waals surface area (Å²) in [6.45, 7) is 10.4. The molecule has 8 nitrogen and oxygen atoms in total. The van der Waals surface area contributed by atoms with Gasteiger partial charge in [-0.15, -0.1) is 0 Å². The summed E-state index contributed by atoms with van der Waals surface area (Å²) in [7, 11) is 0. The molecule has 152 valence electrons. The molecular weight excluding hydrogens is 354 g/mol. The summed E-state index contributed by atoms with van der Waals surface area (Å²) in [5, 5.41) is 0. The van der Waals surface area contributed by atoms with Crippen molar-refractivity contribution in [3.63, 3.8) is 0 Å². The van der Waals surface area contributed by atoms with Crippen LogP contribution in [0.4, 0.5) is 11.9 Å². The number of aromatic amines is 1. The molecular formula is C20H31N7O. The third-order valence-corrected chi connectivity index (χ3v) is 5.35. The maximum absolute atomic E-state index is 12.5. The Morgan fingerprint density at radius 3 is 2.54 bits per heavy atom. The number of nitrogens with one attached hydrogen (secondary N) is 1. The van der Waals surface area contributed by atoms with E-state index in [4.69, 9.17) is 10.7 Å². The standard InChI is InChI=1S/C18H25N7O.C2H6/c1-12-2-6-25(7-3-12)18-22-15-11-24(5-4-14(15)16(26)23-18)10-13-8-20-17(19)21-9-13;1-2/h8-9,12H,2-7,10-11H2,1H3,(H2,19,20,21)(H,22,23,26);1-2H3. The van der Waals surface area contributed by atoms with Gasteiger partial charge in [0.25, 0.3) is 5.56 Å². The predicted octanol–water partition coefficient (Wildman–Crippen LogP) is 1.96. The van der Waals surface area contributed by atoms with Crippen molar-refractivity contribution >= 4 is 11.9 Å². The van der Waals surface area contributed by atoms with Crippen molar-refractivity contribution in [1.82, 2.24) is 24.8 Å². The summed E-state index contributed by atoms with van der Waals surface area (Å²) in [6.07, 6.45) is 6.51. The summed E-state index contributed by atoms with van der Waals surface area (Å²) in [4.78, 5) is 32.9. The highest BCUT2D eigenvalue weighted by Crippen LogP contribution is 2.22. The first-order valence-corrected chi connectivity index (χ1v) is 10.2. The molecule has 0 amide bonds. The van der Waals surface area contributed by atoms with E-state index in [-0.39, 0.29) is 11.5 Å². The Hall–Kier alpha value is -2.48. The van der Waals surface area contributed by atoms with Crippen LogP contribution >= 0.6 is 0 Å². The highest BCUT2D eigenvalue weighted by molar-refractivity contribution is 5.35. The summed E-state index contributed by atoms with van der Waals surface area (Å²) >= 11 is 0. The fourth-order valence-electron chi connectivity index (χ4n) is 3.69. The molecule has 4 rings (SSSR count). The second-order valence-electron chi connectivity index (χ2n) is 7.39. The van der Waals surface area contributed by atoms with Crippen LogP contribution in [0.15, 0.2) is 17.2 Å². The number of piperidine rings is 1. The van der Waals surface area contributed by atoms with Gasteiger partial charge in [-0.3, -0.25) is 14.7 Å². The van der Waals surface area contributed by atoms with Crippen LogP contribution in [0, 0.1) is 5.92 Å². The molecule has 0 unspecified atom stereocenters. The molecule has 3 N–H and O–H groups in total. The number of aromatic nitrogens is 4. The minimum Gasteiger partial charge on any atom is -0.368 e. The number of nitrogen functional groups attached to an aromatic ring is 1. The topological polar surface area (TPSA) is 104 Å². The Morgan fingerprint density at radius 2 is 1.86 bits per heavy atom. The zero-order chi connectivity index (χ0) is 20.1. The van der Waals surface area contributed by atoms with E-state index in [0.29, 0.717) is 13.0 Å². The van der Waals surface area contributed by atoms with Crippen LogP contribution in [0.5, 0.6) is 0 Å². The largest absolute Gasteiger partial charge is 0.368 e. The lowest BCUT2D eigenvalue weighted by Crippen LogP contribution is -2.39. The van der Waals surface area contributed by atoms with Crippen molar-refractivity contribution in [1.29, 1.82) is 0 Å². The third kappa shape index (κ3) is 4.67. The van der Waals surface area contributed by atoms with Crippen molar-refractivity contribution in [3.05, 3.63) is 39.6 Å². The van der Waals surface area contributed by atoms with Gasteiger partial charge >= 0.3 is 0 Å². The van der Waals surface area contributed by atoms with Gasteiger partial charge in [-0.2, -0.15) is 0 Å². The first kappa shape index (κ1) is 20.3.